The standard InChI is InChI=1S/C21H21FN6/c1-12-2-6-16(10-23-12)27-17-7-5-14(20(22)28-17)8-15-9-24-21-18(15)19(13-3-4-13)25-11-26-21/h2,5-7,9-10,13,24,26H,3-4,8,11H2,1H3,(H,27,28). The number of aromatic nitrogens is 3. The zero-order valence-corrected chi connectivity index (χ0v) is 15.6. The molecule has 7 heteroatoms. The summed E-state index contributed by atoms with van der Waals surface area (Å²) in [5.41, 5.74) is 5.59. The van der Waals surface area contributed by atoms with E-state index in [0.29, 0.717) is 30.4 Å². The third kappa shape index (κ3) is 3.24. The van der Waals surface area contributed by atoms with Gasteiger partial charge in [-0.25, -0.2) is 4.98 Å². The minimum absolute atomic E-state index is 0.463. The number of aromatic amines is 1. The van der Waals surface area contributed by atoms with Crippen molar-refractivity contribution in [3.8, 4) is 0 Å². The largest absolute Gasteiger partial charge is 0.352 e. The Morgan fingerprint density at radius 3 is 2.82 bits per heavy atom. The molecule has 28 heavy (non-hydrogen) atoms. The molecular formula is C21H21FN6. The molecule has 0 unspecified atom stereocenters. The van der Waals surface area contributed by atoms with Crippen LogP contribution in [-0.4, -0.2) is 27.3 Å². The first-order chi connectivity index (χ1) is 13.7. The first kappa shape index (κ1) is 16.9. The van der Waals surface area contributed by atoms with E-state index >= 15 is 0 Å². The van der Waals surface area contributed by atoms with Gasteiger partial charge in [0.25, 0.3) is 0 Å². The van der Waals surface area contributed by atoms with Crippen molar-refractivity contribution in [3.63, 3.8) is 0 Å². The van der Waals surface area contributed by atoms with Crippen molar-refractivity contribution >= 4 is 23.0 Å². The second-order valence-electron chi connectivity index (χ2n) is 7.35. The molecule has 0 spiro atoms. The molecule has 1 aliphatic heterocycles. The fraction of sp³-hybridized carbons (Fsp3) is 0.286. The fourth-order valence-corrected chi connectivity index (χ4v) is 3.57. The molecule has 0 bridgehead atoms. The number of aliphatic imine (C=N–C) groups is 1. The average molecular weight is 376 g/mol. The van der Waals surface area contributed by atoms with Gasteiger partial charge in [-0.2, -0.15) is 4.39 Å². The number of hydrogen-bond donors (Lipinski definition) is 3. The van der Waals surface area contributed by atoms with Crippen molar-refractivity contribution in [3.05, 3.63) is 65.0 Å². The van der Waals surface area contributed by atoms with Crippen molar-refractivity contribution in [1.82, 2.24) is 15.0 Å². The Labute approximate surface area is 162 Å². The lowest BCUT2D eigenvalue weighted by Gasteiger charge is -2.16. The topological polar surface area (TPSA) is 78.0 Å². The summed E-state index contributed by atoms with van der Waals surface area (Å²) in [6.45, 7) is 2.52. The molecule has 0 aromatic carbocycles. The van der Waals surface area contributed by atoms with Crippen molar-refractivity contribution in [1.29, 1.82) is 0 Å². The van der Waals surface area contributed by atoms with Gasteiger partial charge in [0.2, 0.25) is 5.95 Å². The van der Waals surface area contributed by atoms with Crippen LogP contribution in [0.4, 0.5) is 21.7 Å². The number of fused-ring (bicyclic) bond motifs is 1. The summed E-state index contributed by atoms with van der Waals surface area (Å²) >= 11 is 0. The molecule has 3 aromatic rings. The maximum atomic E-state index is 14.7. The van der Waals surface area contributed by atoms with Crippen molar-refractivity contribution in [2.24, 2.45) is 10.9 Å². The van der Waals surface area contributed by atoms with Crippen LogP contribution in [0.1, 0.15) is 35.2 Å². The number of nitrogens with zero attached hydrogens (tertiary/aromatic N) is 3. The number of hydrogen-bond acceptors (Lipinski definition) is 5. The molecule has 1 aliphatic carbocycles. The van der Waals surface area contributed by atoms with Crippen molar-refractivity contribution < 1.29 is 4.39 Å². The van der Waals surface area contributed by atoms with Gasteiger partial charge in [0.1, 0.15) is 18.3 Å². The minimum atomic E-state index is -0.464. The van der Waals surface area contributed by atoms with E-state index in [1.54, 1.807) is 18.3 Å². The van der Waals surface area contributed by atoms with E-state index in [9.17, 15) is 4.39 Å². The van der Waals surface area contributed by atoms with E-state index in [4.69, 9.17) is 0 Å². The summed E-state index contributed by atoms with van der Waals surface area (Å²) in [5.74, 6) is 1.54. The van der Waals surface area contributed by atoms with E-state index in [-0.39, 0.29) is 0 Å². The molecule has 4 heterocycles. The van der Waals surface area contributed by atoms with Gasteiger partial charge in [0.15, 0.2) is 0 Å². The molecule has 2 aliphatic rings. The van der Waals surface area contributed by atoms with Crippen LogP contribution in [0.15, 0.2) is 41.7 Å². The molecule has 1 saturated carbocycles. The lowest BCUT2D eigenvalue weighted by atomic mass is 9.98. The first-order valence-corrected chi connectivity index (χ1v) is 9.51. The monoisotopic (exact) mass is 376 g/mol. The lowest BCUT2D eigenvalue weighted by Crippen LogP contribution is -2.17. The van der Waals surface area contributed by atoms with E-state index in [1.165, 1.54) is 12.8 Å². The number of nitrogens with one attached hydrogen (secondary N) is 3. The summed E-state index contributed by atoms with van der Waals surface area (Å²) in [4.78, 5) is 16.2. The molecule has 142 valence electrons. The van der Waals surface area contributed by atoms with Crippen LogP contribution in [0.2, 0.25) is 0 Å². The molecule has 6 nitrogen and oxygen atoms in total. The molecule has 0 amide bonds. The molecule has 1 fully saturated rings. The van der Waals surface area contributed by atoms with Crippen LogP contribution in [0.25, 0.3) is 0 Å². The number of anilines is 3. The average Bonchev–Trinajstić information content (AvgIpc) is 3.46. The molecule has 0 saturated heterocycles. The van der Waals surface area contributed by atoms with Gasteiger partial charge in [-0.1, -0.05) is 6.07 Å². The van der Waals surface area contributed by atoms with Crippen LogP contribution in [0, 0.1) is 18.8 Å². The Morgan fingerprint density at radius 1 is 1.18 bits per heavy atom. The number of aryl methyl sites for hydroxylation is 1. The normalized spacial score (nSPS) is 15.6. The SMILES string of the molecule is Cc1ccc(Nc2ccc(Cc3c[nH]c4c3C(C3CC3)=NCN4)c(F)n2)cn1. The minimum Gasteiger partial charge on any atom is -0.352 e. The predicted molar refractivity (Wildman–Crippen MR) is 108 cm³/mol. The van der Waals surface area contributed by atoms with Gasteiger partial charge in [-0.05, 0) is 43.5 Å². The molecule has 0 atom stereocenters. The second kappa shape index (κ2) is 6.74. The quantitative estimate of drug-likeness (QED) is 0.584. The van der Waals surface area contributed by atoms with Crippen LogP contribution in [0.5, 0.6) is 0 Å². The number of rotatable bonds is 5. The summed E-state index contributed by atoms with van der Waals surface area (Å²) in [7, 11) is 0. The Hall–Kier alpha value is -3.22. The van der Waals surface area contributed by atoms with Gasteiger partial charge >= 0.3 is 0 Å². The van der Waals surface area contributed by atoms with Gasteiger partial charge in [0.05, 0.1) is 17.6 Å². The molecular weight excluding hydrogens is 355 g/mol. The zero-order chi connectivity index (χ0) is 19.1. The molecule has 3 N–H and O–H groups in total. The summed E-state index contributed by atoms with van der Waals surface area (Å²) in [6.07, 6.45) is 6.51. The summed E-state index contributed by atoms with van der Waals surface area (Å²) in [6, 6.07) is 7.38. The van der Waals surface area contributed by atoms with Crippen molar-refractivity contribution in [2.75, 3.05) is 17.3 Å². The Bertz CT molecular complexity index is 1050. The number of halogens is 1. The maximum Gasteiger partial charge on any atom is 0.218 e. The summed E-state index contributed by atoms with van der Waals surface area (Å²) in [5, 5.41) is 6.36. The highest BCUT2D eigenvalue weighted by Crippen LogP contribution is 2.38. The molecule has 5 rings (SSSR count). The number of H-pyrrole nitrogens is 1. The predicted octanol–water partition coefficient (Wildman–Crippen LogP) is 4.17. The third-order valence-corrected chi connectivity index (χ3v) is 5.18. The van der Waals surface area contributed by atoms with E-state index < -0.39 is 5.95 Å². The smallest absolute Gasteiger partial charge is 0.218 e. The highest BCUT2D eigenvalue weighted by atomic mass is 19.1. The lowest BCUT2D eigenvalue weighted by molar-refractivity contribution is 0.572. The highest BCUT2D eigenvalue weighted by molar-refractivity contribution is 6.09. The van der Waals surface area contributed by atoms with E-state index in [1.807, 2.05) is 25.3 Å². The van der Waals surface area contributed by atoms with Crippen LogP contribution >= 0.6 is 0 Å². The van der Waals surface area contributed by atoms with Gasteiger partial charge < -0.3 is 15.6 Å². The Balaban J connectivity index is 1.38. The van der Waals surface area contributed by atoms with Gasteiger partial charge in [-0.3, -0.25) is 9.98 Å². The number of pyridine rings is 2. The Morgan fingerprint density at radius 2 is 2.07 bits per heavy atom. The zero-order valence-electron chi connectivity index (χ0n) is 15.6. The van der Waals surface area contributed by atoms with E-state index in [0.717, 1.165) is 34.0 Å². The van der Waals surface area contributed by atoms with Crippen LogP contribution in [-0.2, 0) is 6.42 Å². The second-order valence-corrected chi connectivity index (χ2v) is 7.35. The van der Waals surface area contributed by atoms with Crippen LogP contribution < -0.4 is 10.6 Å². The molecule has 0 radical (unpaired) electrons. The summed E-state index contributed by atoms with van der Waals surface area (Å²) < 4.78 is 14.7. The first-order valence-electron chi connectivity index (χ1n) is 9.51. The van der Waals surface area contributed by atoms with E-state index in [2.05, 4.69) is 30.6 Å². The van der Waals surface area contributed by atoms with Crippen molar-refractivity contribution in [2.45, 2.75) is 26.2 Å². The van der Waals surface area contributed by atoms with Crippen LogP contribution in [0.3, 0.4) is 0 Å². The van der Waals surface area contributed by atoms with Gasteiger partial charge in [0, 0.05) is 35.4 Å². The molecule has 3 aromatic heterocycles. The Kier molecular flexibility index (Phi) is 4.07. The van der Waals surface area contributed by atoms with Gasteiger partial charge in [-0.15, -0.1) is 0 Å². The third-order valence-electron chi connectivity index (χ3n) is 5.18. The highest BCUT2D eigenvalue weighted by Gasteiger charge is 2.33. The fourth-order valence-electron chi connectivity index (χ4n) is 3.57. The maximum absolute atomic E-state index is 14.7.